The summed E-state index contributed by atoms with van der Waals surface area (Å²) < 4.78 is 0. The monoisotopic (exact) mass is 425 g/mol. The molecule has 142 valence electrons. The van der Waals surface area contributed by atoms with E-state index in [9.17, 15) is 4.79 Å². The fourth-order valence-electron chi connectivity index (χ4n) is 6.15. The Kier molecular flexibility index (Phi) is 5.26. The van der Waals surface area contributed by atoms with Crippen LogP contribution in [0, 0.1) is 5.92 Å². The number of carbonyl (C=O) groups is 1. The van der Waals surface area contributed by atoms with Crippen molar-refractivity contribution in [3.05, 3.63) is 71.3 Å². The molecule has 2 aliphatic carbocycles. The van der Waals surface area contributed by atoms with E-state index in [1.54, 1.807) is 5.56 Å². The van der Waals surface area contributed by atoms with Gasteiger partial charge in [0.2, 0.25) is 0 Å². The number of fused-ring (bicyclic) bond motifs is 1. The summed E-state index contributed by atoms with van der Waals surface area (Å²) in [5.41, 5.74) is 4.40. The third kappa shape index (κ3) is 3.09. The van der Waals surface area contributed by atoms with E-state index in [1.807, 2.05) is 30.3 Å². The first kappa shape index (κ1) is 18.9. The molecular weight excluding hydrogens is 398 g/mol. The number of nitrogens with zero attached hydrogens (tertiary/aromatic N) is 1. The molecule has 1 saturated heterocycles. The summed E-state index contributed by atoms with van der Waals surface area (Å²) in [6, 6.07) is 19.5. The van der Waals surface area contributed by atoms with Crippen LogP contribution in [-0.4, -0.2) is 29.8 Å². The van der Waals surface area contributed by atoms with Gasteiger partial charge in [-0.15, -0.1) is 17.0 Å². The quantitative estimate of drug-likeness (QED) is 0.629. The molecule has 3 aliphatic rings. The van der Waals surface area contributed by atoms with Gasteiger partial charge in [-0.3, -0.25) is 9.69 Å². The normalized spacial score (nSPS) is 29.2. The number of hydrogen-bond donors (Lipinski definition) is 0. The third-order valence-electron chi connectivity index (χ3n) is 7.30. The van der Waals surface area contributed by atoms with Gasteiger partial charge < -0.3 is 0 Å². The molecular formula is C24H28BrNO. The number of piperidine rings is 1. The highest BCUT2D eigenvalue weighted by Crippen LogP contribution is 2.55. The molecule has 0 N–H and O–H groups in total. The van der Waals surface area contributed by atoms with E-state index in [2.05, 4.69) is 29.2 Å². The summed E-state index contributed by atoms with van der Waals surface area (Å²) in [6.45, 7) is 1.64. The second kappa shape index (κ2) is 7.52. The third-order valence-corrected chi connectivity index (χ3v) is 7.30. The maximum absolute atomic E-state index is 12.8. The highest BCUT2D eigenvalue weighted by Gasteiger charge is 2.53. The molecule has 2 aromatic carbocycles. The molecule has 2 bridgehead atoms. The largest absolute Gasteiger partial charge is 0.293 e. The van der Waals surface area contributed by atoms with Crippen LogP contribution >= 0.6 is 17.0 Å². The van der Waals surface area contributed by atoms with Gasteiger partial charge >= 0.3 is 0 Å². The van der Waals surface area contributed by atoms with Crippen molar-refractivity contribution in [3.63, 3.8) is 0 Å². The standard InChI is InChI=1S/C24H27NO.BrH/c26-23(18-8-2-1-3-9-18)17-25-15-14-24-13-7-6-12-21(24)22(25)16-19-10-4-5-11-20(19)24;/h1-5,8-11,21-22H,6-7,12-17H2;1H/t21-,22+,24?;/m1./s1. The van der Waals surface area contributed by atoms with E-state index >= 15 is 0 Å². The second-order valence-corrected chi connectivity index (χ2v) is 8.45. The number of likely N-dealkylation sites (tertiary alicyclic amines) is 1. The Morgan fingerprint density at radius 2 is 1.78 bits per heavy atom. The summed E-state index contributed by atoms with van der Waals surface area (Å²) in [7, 11) is 0. The van der Waals surface area contributed by atoms with Crippen molar-refractivity contribution in [2.24, 2.45) is 5.92 Å². The molecule has 0 aromatic heterocycles. The molecule has 3 heteroatoms. The van der Waals surface area contributed by atoms with E-state index < -0.39 is 0 Å². The second-order valence-electron chi connectivity index (χ2n) is 8.45. The van der Waals surface area contributed by atoms with Crippen LogP contribution in [0.1, 0.15) is 53.6 Å². The lowest BCUT2D eigenvalue weighted by Gasteiger charge is -2.59. The van der Waals surface area contributed by atoms with Gasteiger partial charge in [0.05, 0.1) is 6.54 Å². The maximum Gasteiger partial charge on any atom is 0.176 e. The molecule has 0 radical (unpaired) electrons. The zero-order valence-corrected chi connectivity index (χ0v) is 17.5. The van der Waals surface area contributed by atoms with E-state index in [0.717, 1.165) is 24.4 Å². The van der Waals surface area contributed by atoms with Crippen LogP contribution < -0.4 is 0 Å². The van der Waals surface area contributed by atoms with Crippen LogP contribution in [0.2, 0.25) is 0 Å². The van der Waals surface area contributed by atoms with Crippen molar-refractivity contribution in [2.75, 3.05) is 13.1 Å². The molecule has 27 heavy (non-hydrogen) atoms. The maximum atomic E-state index is 12.8. The van der Waals surface area contributed by atoms with Crippen molar-refractivity contribution in [3.8, 4) is 0 Å². The molecule has 0 amide bonds. The first-order chi connectivity index (χ1) is 12.8. The predicted molar refractivity (Wildman–Crippen MR) is 115 cm³/mol. The molecule has 2 aromatic rings. The smallest absolute Gasteiger partial charge is 0.176 e. The molecule has 1 heterocycles. The topological polar surface area (TPSA) is 20.3 Å². The SMILES string of the molecule is Br.O=C(CN1CCC23CCCC[C@@H]2[C@@H]1Cc1ccccc13)c1ccccc1. The molecule has 1 saturated carbocycles. The first-order valence-corrected chi connectivity index (χ1v) is 10.2. The average Bonchev–Trinajstić information content (AvgIpc) is 2.70. The Bertz CT molecular complexity index is 820. The van der Waals surface area contributed by atoms with Crippen LogP contribution in [0.25, 0.3) is 0 Å². The minimum Gasteiger partial charge on any atom is -0.293 e. The van der Waals surface area contributed by atoms with Crippen LogP contribution in [0.15, 0.2) is 54.6 Å². The summed E-state index contributed by atoms with van der Waals surface area (Å²) in [5.74, 6) is 0.997. The van der Waals surface area contributed by atoms with Crippen molar-refractivity contribution in [1.82, 2.24) is 4.90 Å². The predicted octanol–water partition coefficient (Wildman–Crippen LogP) is 5.21. The lowest BCUT2D eigenvalue weighted by molar-refractivity contribution is -0.00838. The Hall–Kier alpha value is -1.45. The van der Waals surface area contributed by atoms with E-state index in [0.29, 0.717) is 18.0 Å². The number of carbonyl (C=O) groups excluding carboxylic acids is 1. The van der Waals surface area contributed by atoms with Gasteiger partial charge in [0, 0.05) is 17.0 Å². The molecule has 1 aliphatic heterocycles. The fourth-order valence-corrected chi connectivity index (χ4v) is 6.15. The lowest BCUT2D eigenvalue weighted by Crippen LogP contribution is -2.61. The number of rotatable bonds is 3. The van der Waals surface area contributed by atoms with Crippen LogP contribution in [0.4, 0.5) is 0 Å². The van der Waals surface area contributed by atoms with E-state index in [1.165, 1.54) is 37.7 Å². The first-order valence-electron chi connectivity index (χ1n) is 10.2. The highest BCUT2D eigenvalue weighted by molar-refractivity contribution is 8.93. The fraction of sp³-hybridized carbons (Fsp3) is 0.458. The van der Waals surface area contributed by atoms with E-state index in [-0.39, 0.29) is 22.8 Å². The zero-order chi connectivity index (χ0) is 17.6. The number of Topliss-reactive ketones (excluding diaryl/α,β-unsaturated/α-hetero) is 1. The van der Waals surface area contributed by atoms with Gasteiger partial charge in [-0.05, 0) is 49.3 Å². The van der Waals surface area contributed by atoms with Gasteiger partial charge in [0.1, 0.15) is 0 Å². The molecule has 2 fully saturated rings. The summed E-state index contributed by atoms with van der Waals surface area (Å²) in [4.78, 5) is 15.3. The van der Waals surface area contributed by atoms with E-state index in [4.69, 9.17) is 0 Å². The van der Waals surface area contributed by atoms with Gasteiger partial charge in [-0.1, -0.05) is 67.4 Å². The average molecular weight is 426 g/mol. The van der Waals surface area contributed by atoms with Crippen molar-refractivity contribution in [2.45, 2.75) is 50.0 Å². The molecule has 5 rings (SSSR count). The van der Waals surface area contributed by atoms with Gasteiger partial charge in [-0.2, -0.15) is 0 Å². The Balaban J connectivity index is 0.00000180. The highest BCUT2D eigenvalue weighted by atomic mass is 79.9. The van der Waals surface area contributed by atoms with Crippen molar-refractivity contribution >= 4 is 22.8 Å². The number of ketones is 1. The molecule has 2 nitrogen and oxygen atoms in total. The summed E-state index contributed by atoms with van der Waals surface area (Å²) >= 11 is 0. The molecule has 0 spiro atoms. The minimum atomic E-state index is 0. The lowest BCUT2D eigenvalue weighted by atomic mass is 9.52. The van der Waals surface area contributed by atoms with Gasteiger partial charge in [0.15, 0.2) is 5.78 Å². The minimum absolute atomic E-state index is 0. The summed E-state index contributed by atoms with van der Waals surface area (Å²) in [6.07, 6.45) is 7.71. The van der Waals surface area contributed by atoms with Crippen LogP contribution in [-0.2, 0) is 11.8 Å². The molecule has 3 atom stereocenters. The Morgan fingerprint density at radius 3 is 2.63 bits per heavy atom. The zero-order valence-electron chi connectivity index (χ0n) is 15.8. The number of halogens is 1. The van der Waals surface area contributed by atoms with Crippen molar-refractivity contribution < 1.29 is 4.79 Å². The Morgan fingerprint density at radius 1 is 1.00 bits per heavy atom. The van der Waals surface area contributed by atoms with Gasteiger partial charge in [-0.25, -0.2) is 0 Å². The summed E-state index contributed by atoms with van der Waals surface area (Å²) in [5, 5.41) is 0. The van der Waals surface area contributed by atoms with Crippen molar-refractivity contribution in [1.29, 1.82) is 0 Å². The molecule has 1 unspecified atom stereocenters. The van der Waals surface area contributed by atoms with Gasteiger partial charge in [0.25, 0.3) is 0 Å². The van der Waals surface area contributed by atoms with Crippen LogP contribution in [0.3, 0.4) is 0 Å². The number of benzene rings is 2. The number of hydrogen-bond acceptors (Lipinski definition) is 2. The Labute approximate surface area is 172 Å². The van der Waals surface area contributed by atoms with Crippen LogP contribution in [0.5, 0.6) is 0 Å².